The predicted molar refractivity (Wildman–Crippen MR) is 118 cm³/mol. The van der Waals surface area contributed by atoms with Gasteiger partial charge in [0.05, 0.1) is 0 Å². The number of fused-ring (bicyclic) bond motifs is 4. The maximum absolute atomic E-state index is 7.39. The van der Waals surface area contributed by atoms with Crippen LogP contribution in [-0.4, -0.2) is 10.3 Å². The Morgan fingerprint density at radius 3 is 1.46 bits per heavy atom. The smallest absolute Gasteiger partial charge is 0.151 e. The Hall–Kier alpha value is -0.960. The highest BCUT2D eigenvalue weighted by molar-refractivity contribution is 8.93. The molecule has 0 fully saturated rings. The van der Waals surface area contributed by atoms with Gasteiger partial charge in [0.15, 0.2) is 10.3 Å². The monoisotopic (exact) mass is 488 g/mol. The summed E-state index contributed by atoms with van der Waals surface area (Å²) in [6.45, 7) is 0. The topological polar surface area (TPSA) is 99.7 Å². The first-order valence-corrected chi connectivity index (χ1v) is 8.73. The fraction of sp³-hybridized carbons (Fsp3) is 0.125. The molecule has 3 rings (SSSR count). The van der Waals surface area contributed by atoms with Crippen LogP contribution in [0.1, 0.15) is 11.1 Å². The van der Waals surface area contributed by atoms with Crippen LogP contribution in [0.3, 0.4) is 0 Å². The Kier molecular flexibility index (Phi) is 7.85. The highest BCUT2D eigenvalue weighted by Gasteiger charge is 2.27. The lowest BCUT2D eigenvalue weighted by molar-refractivity contribution is 1.33. The second-order valence-corrected chi connectivity index (χ2v) is 7.02. The first-order valence-electron chi connectivity index (χ1n) is 6.76. The molecule has 2 aromatic rings. The molecule has 0 atom stereocenters. The molecule has 4 nitrogen and oxygen atoms in total. The standard InChI is InChI=1S/C16H16N4S2.2BrH/c17-15(18)21-7-9-3-1-5-11-12-6-2-4-10(8-22-16(19)20)14(12)13(9)11;;/h1-6H,7-8H2,(H3,17,18)(H3,19,20);2*1H. The maximum Gasteiger partial charge on any atom is 0.151 e. The van der Waals surface area contributed by atoms with Crippen molar-refractivity contribution in [2.24, 2.45) is 11.5 Å². The molecule has 2 aromatic carbocycles. The lowest BCUT2D eigenvalue weighted by atomic mass is 9.76. The number of nitrogens with one attached hydrogen (secondary N) is 2. The zero-order valence-corrected chi connectivity index (χ0v) is 17.7. The molecular formula is C16H18Br2N4S2. The van der Waals surface area contributed by atoms with Crippen molar-refractivity contribution in [1.82, 2.24) is 0 Å². The van der Waals surface area contributed by atoms with Gasteiger partial charge in [-0.3, -0.25) is 10.8 Å². The first-order chi connectivity index (χ1) is 10.6. The average Bonchev–Trinajstić information content (AvgIpc) is 2.47. The van der Waals surface area contributed by atoms with Gasteiger partial charge in [0, 0.05) is 11.5 Å². The molecule has 24 heavy (non-hydrogen) atoms. The van der Waals surface area contributed by atoms with E-state index in [1.165, 1.54) is 56.9 Å². The van der Waals surface area contributed by atoms with Crippen molar-refractivity contribution in [2.45, 2.75) is 11.5 Å². The minimum Gasteiger partial charge on any atom is -0.379 e. The Morgan fingerprint density at radius 2 is 1.12 bits per heavy atom. The zero-order valence-electron chi connectivity index (χ0n) is 12.7. The highest BCUT2D eigenvalue weighted by Crippen LogP contribution is 2.51. The fourth-order valence-electron chi connectivity index (χ4n) is 2.73. The van der Waals surface area contributed by atoms with E-state index in [0.29, 0.717) is 11.5 Å². The van der Waals surface area contributed by atoms with Crippen molar-refractivity contribution >= 4 is 67.8 Å². The van der Waals surface area contributed by atoms with Gasteiger partial charge in [-0.15, -0.1) is 34.0 Å². The minimum absolute atomic E-state index is 0. The van der Waals surface area contributed by atoms with Crippen LogP contribution in [-0.2, 0) is 11.5 Å². The van der Waals surface area contributed by atoms with Crippen molar-refractivity contribution in [1.29, 1.82) is 10.8 Å². The Morgan fingerprint density at radius 1 is 0.750 bits per heavy atom. The number of benzene rings is 2. The molecule has 0 radical (unpaired) electrons. The summed E-state index contributed by atoms with van der Waals surface area (Å²) in [7, 11) is 0. The lowest BCUT2D eigenvalue weighted by Crippen LogP contribution is -2.09. The molecular weight excluding hydrogens is 472 g/mol. The molecule has 8 heteroatoms. The van der Waals surface area contributed by atoms with Gasteiger partial charge in [-0.25, -0.2) is 0 Å². The first kappa shape index (κ1) is 21.1. The van der Waals surface area contributed by atoms with Crippen molar-refractivity contribution in [3.05, 3.63) is 47.5 Å². The molecule has 0 spiro atoms. The van der Waals surface area contributed by atoms with Crippen LogP contribution < -0.4 is 11.5 Å². The average molecular weight is 490 g/mol. The maximum atomic E-state index is 7.39. The van der Waals surface area contributed by atoms with E-state index in [9.17, 15) is 0 Å². The van der Waals surface area contributed by atoms with Gasteiger partial charge in [-0.2, -0.15) is 0 Å². The summed E-state index contributed by atoms with van der Waals surface area (Å²) in [5.41, 5.74) is 18.3. The molecule has 0 heterocycles. The van der Waals surface area contributed by atoms with E-state index < -0.39 is 0 Å². The highest BCUT2D eigenvalue weighted by atomic mass is 79.9. The normalized spacial score (nSPS) is 10.3. The molecule has 0 saturated heterocycles. The summed E-state index contributed by atoms with van der Waals surface area (Å²) in [4.78, 5) is 0. The van der Waals surface area contributed by atoms with E-state index >= 15 is 0 Å². The van der Waals surface area contributed by atoms with Crippen molar-refractivity contribution < 1.29 is 0 Å². The number of nitrogens with two attached hydrogens (primary N) is 2. The molecule has 0 saturated carbocycles. The quantitative estimate of drug-likeness (QED) is 0.314. The summed E-state index contributed by atoms with van der Waals surface area (Å²) in [6.07, 6.45) is 0. The molecule has 0 amide bonds. The second kappa shape index (κ2) is 8.94. The number of hydrogen-bond acceptors (Lipinski definition) is 4. The molecule has 6 N–H and O–H groups in total. The number of hydrogen-bond donors (Lipinski definition) is 4. The van der Waals surface area contributed by atoms with Crippen molar-refractivity contribution in [2.75, 3.05) is 0 Å². The SMILES string of the molecule is Br.Br.N=C(N)SCc1cccc2c1-c1c(CSC(=N)N)cccc1-2. The van der Waals surface area contributed by atoms with E-state index in [1.807, 2.05) is 0 Å². The molecule has 1 aliphatic rings. The number of thioether (sulfide) groups is 2. The number of amidine groups is 2. The van der Waals surface area contributed by atoms with Gasteiger partial charge in [0.2, 0.25) is 0 Å². The van der Waals surface area contributed by atoms with Crippen LogP contribution in [0.2, 0.25) is 0 Å². The third-order valence-electron chi connectivity index (χ3n) is 3.61. The summed E-state index contributed by atoms with van der Waals surface area (Å²) < 4.78 is 0. The van der Waals surface area contributed by atoms with E-state index in [-0.39, 0.29) is 44.3 Å². The molecule has 1 aliphatic carbocycles. The van der Waals surface area contributed by atoms with E-state index in [2.05, 4.69) is 36.4 Å². The van der Waals surface area contributed by atoms with Crippen LogP contribution in [0, 0.1) is 10.8 Å². The Balaban J connectivity index is 0.00000144. The van der Waals surface area contributed by atoms with Crippen LogP contribution in [0.5, 0.6) is 0 Å². The summed E-state index contributed by atoms with van der Waals surface area (Å²) in [6, 6.07) is 12.5. The molecule has 0 aliphatic heterocycles. The summed E-state index contributed by atoms with van der Waals surface area (Å²) >= 11 is 2.68. The van der Waals surface area contributed by atoms with Crippen LogP contribution in [0.4, 0.5) is 0 Å². The molecule has 128 valence electrons. The third kappa shape index (κ3) is 4.17. The largest absolute Gasteiger partial charge is 0.379 e. The lowest BCUT2D eigenvalue weighted by Gasteiger charge is -2.29. The molecule has 0 aromatic heterocycles. The summed E-state index contributed by atoms with van der Waals surface area (Å²) in [5.74, 6) is 1.40. The fourth-order valence-corrected chi connectivity index (χ4v) is 3.83. The van der Waals surface area contributed by atoms with Gasteiger partial charge < -0.3 is 11.5 Å². The van der Waals surface area contributed by atoms with Crippen molar-refractivity contribution in [3.63, 3.8) is 0 Å². The van der Waals surface area contributed by atoms with Gasteiger partial charge >= 0.3 is 0 Å². The van der Waals surface area contributed by atoms with Crippen LogP contribution in [0.25, 0.3) is 22.3 Å². The van der Waals surface area contributed by atoms with Crippen molar-refractivity contribution in [3.8, 4) is 22.3 Å². The Labute approximate surface area is 170 Å². The molecule has 0 bridgehead atoms. The Bertz CT molecular complexity index is 715. The van der Waals surface area contributed by atoms with Gasteiger partial charge in [0.25, 0.3) is 0 Å². The minimum atomic E-state index is 0. The van der Waals surface area contributed by atoms with Gasteiger partial charge in [0.1, 0.15) is 0 Å². The summed E-state index contributed by atoms with van der Waals surface area (Å²) in [5, 5.41) is 15.0. The third-order valence-corrected chi connectivity index (χ3v) is 5.14. The molecule has 0 unspecified atom stereocenters. The second-order valence-electron chi connectivity index (χ2n) is 4.99. The number of rotatable bonds is 4. The van der Waals surface area contributed by atoms with E-state index in [0.717, 1.165) is 0 Å². The predicted octanol–water partition coefficient (Wildman–Crippen LogP) is 4.74. The van der Waals surface area contributed by atoms with Crippen LogP contribution in [0.15, 0.2) is 36.4 Å². The van der Waals surface area contributed by atoms with Gasteiger partial charge in [-0.1, -0.05) is 59.9 Å². The zero-order chi connectivity index (χ0) is 15.7. The van der Waals surface area contributed by atoms with E-state index in [4.69, 9.17) is 22.3 Å². The van der Waals surface area contributed by atoms with Crippen LogP contribution >= 0.6 is 57.5 Å². The number of halogens is 2. The van der Waals surface area contributed by atoms with E-state index in [1.54, 1.807) is 0 Å². The van der Waals surface area contributed by atoms with Gasteiger partial charge in [-0.05, 0) is 33.4 Å².